The average molecular weight is 402 g/mol. The third-order valence-corrected chi connectivity index (χ3v) is 7.61. The number of benzene rings is 2. The first-order chi connectivity index (χ1) is 14.6. The molecule has 3 N–H and O–H groups in total. The molecule has 4 aliphatic rings. The van der Waals surface area contributed by atoms with Gasteiger partial charge in [-0.25, -0.2) is 0 Å². The van der Waals surface area contributed by atoms with Gasteiger partial charge in [0.25, 0.3) is 0 Å². The Morgan fingerprint density at radius 3 is 2.87 bits per heavy atom. The lowest BCUT2D eigenvalue weighted by Gasteiger charge is -2.56. The summed E-state index contributed by atoms with van der Waals surface area (Å²) in [6, 6.07) is 14.5. The Labute approximate surface area is 175 Å². The number of aliphatic hydroxyl groups is 1. The molecule has 3 heterocycles. The van der Waals surface area contributed by atoms with E-state index in [0.717, 1.165) is 19.4 Å². The van der Waals surface area contributed by atoms with Gasteiger partial charge >= 0.3 is 0 Å². The van der Waals surface area contributed by atoms with Gasteiger partial charge in [0, 0.05) is 34.7 Å². The topological polar surface area (TPSA) is 68.7 Å². The number of likely N-dealkylation sites (tertiary alicyclic amines) is 1. The van der Waals surface area contributed by atoms with Crippen molar-refractivity contribution in [3.05, 3.63) is 71.9 Å². The number of ether oxygens (including phenoxy) is 1. The zero-order chi connectivity index (χ0) is 20.5. The van der Waals surface area contributed by atoms with Crippen LogP contribution in [0.15, 0.2) is 60.8 Å². The number of aromatic nitrogens is 1. The normalized spacial score (nSPS) is 32.9. The van der Waals surface area contributed by atoms with E-state index in [1.54, 1.807) is 6.07 Å². The predicted molar refractivity (Wildman–Crippen MR) is 116 cm³/mol. The molecule has 0 saturated carbocycles. The van der Waals surface area contributed by atoms with E-state index in [1.807, 2.05) is 30.5 Å². The highest BCUT2D eigenvalue weighted by atomic mass is 16.5. The fraction of sp³-hybridized carbons (Fsp3) is 0.360. The van der Waals surface area contributed by atoms with E-state index in [1.165, 1.54) is 22.0 Å². The van der Waals surface area contributed by atoms with E-state index in [0.29, 0.717) is 17.7 Å². The SMILES string of the molecule is CN1CC[C@]23c4c5ccc(O)c4O[C@H]2[C@@H](O)C=C[C@H]3[C@H]1C5.c1ccc2[nH]ccc2c1. The van der Waals surface area contributed by atoms with E-state index in [4.69, 9.17) is 4.74 Å². The Kier molecular flexibility index (Phi) is 3.83. The quantitative estimate of drug-likeness (QED) is 0.505. The molecule has 0 radical (unpaired) electrons. The Morgan fingerprint density at radius 1 is 1.13 bits per heavy atom. The number of nitrogens with zero attached hydrogens (tertiary/aromatic N) is 1. The molecule has 0 unspecified atom stereocenters. The number of aliphatic hydroxyl groups excluding tert-OH is 1. The molecule has 5 nitrogen and oxygen atoms in total. The van der Waals surface area contributed by atoms with Gasteiger partial charge in [-0.1, -0.05) is 36.4 Å². The Bertz CT molecular complexity index is 1120. The summed E-state index contributed by atoms with van der Waals surface area (Å²) in [6.07, 6.45) is 7.13. The summed E-state index contributed by atoms with van der Waals surface area (Å²) >= 11 is 0. The summed E-state index contributed by atoms with van der Waals surface area (Å²) in [5, 5.41) is 21.9. The van der Waals surface area contributed by atoms with Gasteiger partial charge in [-0.3, -0.25) is 0 Å². The lowest BCUT2D eigenvalue weighted by Crippen LogP contribution is -2.64. The number of phenols is 1. The fourth-order valence-electron chi connectivity index (χ4n) is 6.23. The number of H-pyrrole nitrogens is 1. The molecule has 154 valence electrons. The third-order valence-electron chi connectivity index (χ3n) is 7.61. The molecule has 1 fully saturated rings. The number of nitrogens with one attached hydrogen (secondary N) is 1. The van der Waals surface area contributed by atoms with Crippen molar-refractivity contribution < 1.29 is 14.9 Å². The molecule has 5 heteroatoms. The molecule has 2 aliphatic carbocycles. The van der Waals surface area contributed by atoms with Crippen molar-refractivity contribution in [1.29, 1.82) is 0 Å². The molecule has 2 bridgehead atoms. The Morgan fingerprint density at radius 2 is 2.00 bits per heavy atom. The zero-order valence-corrected chi connectivity index (χ0v) is 17.0. The van der Waals surface area contributed by atoms with E-state index in [2.05, 4.69) is 41.2 Å². The monoisotopic (exact) mass is 402 g/mol. The highest BCUT2D eigenvalue weighted by molar-refractivity contribution is 5.78. The molecular weight excluding hydrogens is 376 g/mol. The van der Waals surface area contributed by atoms with Crippen molar-refractivity contribution in [3.8, 4) is 11.5 Å². The minimum atomic E-state index is -0.594. The molecule has 2 aliphatic heterocycles. The fourth-order valence-corrected chi connectivity index (χ4v) is 6.23. The minimum absolute atomic E-state index is 0.160. The van der Waals surface area contributed by atoms with E-state index in [-0.39, 0.29) is 17.3 Å². The van der Waals surface area contributed by atoms with Crippen LogP contribution in [-0.4, -0.2) is 51.9 Å². The summed E-state index contributed by atoms with van der Waals surface area (Å²) in [7, 11) is 2.19. The molecule has 1 aromatic heterocycles. The van der Waals surface area contributed by atoms with Crippen LogP contribution in [0.1, 0.15) is 17.5 Å². The van der Waals surface area contributed by atoms with Gasteiger partial charge in [-0.2, -0.15) is 0 Å². The number of phenolic OH excluding ortho intramolecular Hbond substituents is 1. The zero-order valence-electron chi connectivity index (χ0n) is 17.0. The second kappa shape index (κ2) is 6.37. The van der Waals surface area contributed by atoms with Gasteiger partial charge in [0.05, 0.1) is 0 Å². The number of rotatable bonds is 0. The number of hydrogen-bond donors (Lipinski definition) is 3. The molecular formula is C25H26N2O3. The summed E-state index contributed by atoms with van der Waals surface area (Å²) in [5.41, 5.74) is 3.50. The molecule has 30 heavy (non-hydrogen) atoms. The first-order valence-corrected chi connectivity index (χ1v) is 10.7. The summed E-state index contributed by atoms with van der Waals surface area (Å²) in [6.45, 7) is 1.01. The summed E-state index contributed by atoms with van der Waals surface area (Å²) in [4.78, 5) is 5.55. The molecule has 5 atom stereocenters. The standard InChI is InChI=1S/C17H19NO3.C8H7N/c1-18-7-6-17-10-3-5-13(20)16(17)21-15-12(19)4-2-9(14(15)17)8-11(10)18;1-2-4-8-7(3-1)5-6-9-8/h2-5,10-11,13,16,19-20H,6-8H2,1H3;1-6,9H/t10-,11+,13-,16-,17-;/m0./s1. The Hall–Kier alpha value is -2.76. The molecule has 7 rings (SSSR count). The third kappa shape index (κ3) is 2.30. The van der Waals surface area contributed by atoms with Gasteiger partial charge in [0.15, 0.2) is 11.5 Å². The minimum Gasteiger partial charge on any atom is -0.504 e. The molecule has 1 saturated heterocycles. The van der Waals surface area contributed by atoms with Crippen LogP contribution < -0.4 is 4.74 Å². The number of piperidine rings is 1. The van der Waals surface area contributed by atoms with Crippen LogP contribution in [0.4, 0.5) is 0 Å². The summed E-state index contributed by atoms with van der Waals surface area (Å²) < 4.78 is 6.09. The molecule has 0 amide bonds. The van der Waals surface area contributed by atoms with Crippen molar-refractivity contribution in [1.82, 2.24) is 9.88 Å². The second-order valence-corrected chi connectivity index (χ2v) is 9.00. The van der Waals surface area contributed by atoms with Crippen molar-refractivity contribution in [2.75, 3.05) is 13.6 Å². The van der Waals surface area contributed by atoms with Crippen LogP contribution in [0.25, 0.3) is 10.9 Å². The average Bonchev–Trinajstić information content (AvgIpc) is 3.37. The van der Waals surface area contributed by atoms with Crippen molar-refractivity contribution >= 4 is 10.9 Å². The highest BCUT2D eigenvalue weighted by Crippen LogP contribution is 2.62. The number of aromatic amines is 1. The van der Waals surface area contributed by atoms with Crippen LogP contribution >= 0.6 is 0 Å². The molecule has 3 aromatic rings. The van der Waals surface area contributed by atoms with Gasteiger partial charge in [0.1, 0.15) is 12.2 Å². The van der Waals surface area contributed by atoms with E-state index >= 15 is 0 Å². The predicted octanol–water partition coefficient (Wildman–Crippen LogP) is 3.37. The first kappa shape index (κ1) is 18.0. The number of fused-ring (bicyclic) bond motifs is 1. The maximum Gasteiger partial charge on any atom is 0.165 e. The van der Waals surface area contributed by atoms with Crippen LogP contribution in [0.3, 0.4) is 0 Å². The smallest absolute Gasteiger partial charge is 0.165 e. The van der Waals surface area contributed by atoms with Crippen molar-refractivity contribution in [3.63, 3.8) is 0 Å². The lowest BCUT2D eigenvalue weighted by molar-refractivity contribution is -0.0453. The lowest BCUT2D eigenvalue weighted by atomic mass is 9.53. The van der Waals surface area contributed by atoms with Gasteiger partial charge in [-0.15, -0.1) is 0 Å². The maximum absolute atomic E-state index is 10.4. The highest BCUT2D eigenvalue weighted by Gasteiger charge is 2.64. The van der Waals surface area contributed by atoms with E-state index < -0.39 is 6.10 Å². The number of hydrogen-bond acceptors (Lipinski definition) is 4. The largest absolute Gasteiger partial charge is 0.504 e. The van der Waals surface area contributed by atoms with Gasteiger partial charge in [-0.05, 0) is 55.6 Å². The molecule has 2 aromatic carbocycles. The van der Waals surface area contributed by atoms with Crippen molar-refractivity contribution in [2.24, 2.45) is 5.92 Å². The van der Waals surface area contributed by atoms with Crippen LogP contribution in [-0.2, 0) is 11.8 Å². The number of para-hydroxylation sites is 1. The summed E-state index contributed by atoms with van der Waals surface area (Å²) in [5.74, 6) is 1.19. The second-order valence-electron chi connectivity index (χ2n) is 9.00. The van der Waals surface area contributed by atoms with Crippen molar-refractivity contribution in [2.45, 2.75) is 36.5 Å². The first-order valence-electron chi connectivity index (χ1n) is 10.7. The van der Waals surface area contributed by atoms with E-state index in [9.17, 15) is 10.2 Å². The van der Waals surface area contributed by atoms with Gasteiger partial charge < -0.3 is 24.8 Å². The van der Waals surface area contributed by atoms with Gasteiger partial charge in [0.2, 0.25) is 0 Å². The molecule has 1 spiro atoms. The number of aromatic hydroxyl groups is 1. The maximum atomic E-state index is 10.4. The van der Waals surface area contributed by atoms with Crippen LogP contribution in [0, 0.1) is 5.92 Å². The van der Waals surface area contributed by atoms with Crippen LogP contribution in [0.2, 0.25) is 0 Å². The number of likely N-dealkylation sites (N-methyl/N-ethyl adjacent to an activating group) is 1. The van der Waals surface area contributed by atoms with Crippen LogP contribution in [0.5, 0.6) is 11.5 Å². The Balaban J connectivity index is 0.000000163.